The van der Waals surface area contributed by atoms with E-state index < -0.39 is 17.3 Å². The lowest BCUT2D eigenvalue weighted by Gasteiger charge is -2.38. The summed E-state index contributed by atoms with van der Waals surface area (Å²) >= 11 is 6.24. The second-order valence-corrected chi connectivity index (χ2v) is 11.6. The molecule has 6 rings (SSSR count). The zero-order valence-electron chi connectivity index (χ0n) is 24.1. The molecule has 1 atom stereocenters. The molecule has 2 aromatic carbocycles. The Balaban J connectivity index is 1.34. The van der Waals surface area contributed by atoms with Gasteiger partial charge in [0.1, 0.15) is 11.4 Å². The lowest BCUT2D eigenvalue weighted by atomic mass is 9.88. The first kappa shape index (κ1) is 28.9. The number of esters is 1. The highest BCUT2D eigenvalue weighted by Crippen LogP contribution is 2.48. The lowest BCUT2D eigenvalue weighted by Crippen LogP contribution is -2.39. The molecule has 0 amide bonds. The van der Waals surface area contributed by atoms with E-state index >= 15 is 0 Å². The van der Waals surface area contributed by atoms with Crippen molar-refractivity contribution in [2.75, 3.05) is 20.8 Å². The van der Waals surface area contributed by atoms with Crippen molar-refractivity contribution in [3.05, 3.63) is 86.9 Å². The average Bonchev–Trinajstić information content (AvgIpc) is 3.48. The summed E-state index contributed by atoms with van der Waals surface area (Å²) in [6, 6.07) is 12.9. The maximum absolute atomic E-state index is 13.8. The molecule has 43 heavy (non-hydrogen) atoms. The number of rotatable bonds is 10. The van der Waals surface area contributed by atoms with Crippen LogP contribution in [0.25, 0.3) is 22.0 Å². The highest BCUT2D eigenvalue weighted by Gasteiger charge is 2.50. The van der Waals surface area contributed by atoms with Gasteiger partial charge < -0.3 is 18.8 Å². The van der Waals surface area contributed by atoms with Crippen LogP contribution in [0.4, 0.5) is 0 Å². The normalized spacial score (nSPS) is 15.7. The first-order valence-corrected chi connectivity index (χ1v) is 14.5. The number of ether oxygens (including phenoxy) is 3. The molecule has 1 spiro atoms. The Kier molecular flexibility index (Phi) is 7.48. The van der Waals surface area contributed by atoms with Crippen molar-refractivity contribution in [3.63, 3.8) is 0 Å². The van der Waals surface area contributed by atoms with Gasteiger partial charge in [-0.2, -0.15) is 0 Å². The van der Waals surface area contributed by atoms with Crippen LogP contribution >= 0.6 is 11.6 Å². The number of methoxy groups -OCH3 is 2. The third-order valence-corrected chi connectivity index (χ3v) is 8.73. The minimum absolute atomic E-state index is 0.0692. The summed E-state index contributed by atoms with van der Waals surface area (Å²) in [4.78, 5) is 52.2. The minimum atomic E-state index is -0.829. The Morgan fingerprint density at radius 3 is 2.51 bits per heavy atom. The highest BCUT2D eigenvalue weighted by atomic mass is 35.5. The number of Topliss-reactive ketones (excluding diaryl/α,β-unsaturated/α-hetero) is 2. The molecule has 1 saturated carbocycles. The molecule has 1 aliphatic carbocycles. The van der Waals surface area contributed by atoms with Crippen LogP contribution in [-0.2, 0) is 26.4 Å². The van der Waals surface area contributed by atoms with Crippen LogP contribution in [-0.4, -0.2) is 47.5 Å². The summed E-state index contributed by atoms with van der Waals surface area (Å²) in [6.07, 6.45) is 4.43. The van der Waals surface area contributed by atoms with Gasteiger partial charge in [0, 0.05) is 60.6 Å². The predicted octanol–water partition coefficient (Wildman–Crippen LogP) is 5.73. The molecule has 4 aromatic rings. The van der Waals surface area contributed by atoms with Gasteiger partial charge in [0.15, 0.2) is 17.3 Å². The molecular weight excluding hydrogens is 572 g/mol. The number of carbonyl (C=O) groups is 3. The van der Waals surface area contributed by atoms with Crippen LogP contribution in [0.2, 0.25) is 5.02 Å². The zero-order valence-corrected chi connectivity index (χ0v) is 24.9. The molecule has 0 radical (unpaired) electrons. The lowest BCUT2D eigenvalue weighted by molar-refractivity contribution is -0.122. The van der Waals surface area contributed by atoms with Crippen LogP contribution < -0.4 is 10.3 Å². The fraction of sp³-hybridized carbons (Fsp3) is 0.333. The molecule has 10 heteroatoms. The summed E-state index contributed by atoms with van der Waals surface area (Å²) in [5, 5.41) is 1.27. The van der Waals surface area contributed by atoms with E-state index in [1.54, 1.807) is 18.2 Å². The van der Waals surface area contributed by atoms with E-state index in [4.69, 9.17) is 25.8 Å². The first-order valence-electron chi connectivity index (χ1n) is 14.2. The van der Waals surface area contributed by atoms with Crippen LogP contribution in [0.3, 0.4) is 0 Å². The molecule has 0 N–H and O–H groups in total. The Labute approximate surface area is 252 Å². The van der Waals surface area contributed by atoms with Gasteiger partial charge in [0.2, 0.25) is 0 Å². The van der Waals surface area contributed by atoms with E-state index in [0.717, 1.165) is 35.7 Å². The molecule has 1 fully saturated rings. The Hall–Kier alpha value is -4.21. The molecule has 3 heterocycles. The summed E-state index contributed by atoms with van der Waals surface area (Å²) in [7, 11) is 3.00. The third kappa shape index (κ3) is 4.96. The van der Waals surface area contributed by atoms with Gasteiger partial charge >= 0.3 is 5.97 Å². The van der Waals surface area contributed by atoms with Crippen molar-refractivity contribution >= 4 is 40.0 Å². The number of ketones is 2. The zero-order chi connectivity index (χ0) is 30.5. The molecule has 222 valence electrons. The van der Waals surface area contributed by atoms with Gasteiger partial charge in [-0.3, -0.25) is 19.0 Å². The topological polar surface area (TPSA) is 106 Å². The SMILES string of the molecule is COCC[C@@H](C(=O)Cc1ccc2c(c1)cc1n2C2(CCC2)OC1=O)n1cc(OC)c(-c2cc(Cl)ccc2C(C)=O)cc1=O. The molecule has 0 unspecified atom stereocenters. The van der Waals surface area contributed by atoms with Crippen LogP contribution in [0.5, 0.6) is 5.75 Å². The number of hydrogen-bond donors (Lipinski definition) is 0. The largest absolute Gasteiger partial charge is 0.495 e. The van der Waals surface area contributed by atoms with Crippen molar-refractivity contribution in [1.82, 2.24) is 9.13 Å². The second-order valence-electron chi connectivity index (χ2n) is 11.1. The Bertz CT molecular complexity index is 1850. The van der Waals surface area contributed by atoms with E-state index in [0.29, 0.717) is 33.2 Å². The fourth-order valence-electron chi connectivity index (χ4n) is 6.23. The molecule has 2 aromatic heterocycles. The smallest absolute Gasteiger partial charge is 0.357 e. The summed E-state index contributed by atoms with van der Waals surface area (Å²) < 4.78 is 20.0. The molecule has 2 aliphatic rings. The quantitative estimate of drug-likeness (QED) is 0.169. The number of aromatic nitrogens is 2. The monoisotopic (exact) mass is 602 g/mol. The number of fused-ring (bicyclic) bond motifs is 4. The van der Waals surface area contributed by atoms with Crippen molar-refractivity contribution in [2.45, 2.75) is 50.8 Å². The third-order valence-electron chi connectivity index (χ3n) is 8.50. The first-order chi connectivity index (χ1) is 20.7. The van der Waals surface area contributed by atoms with E-state index in [2.05, 4.69) is 0 Å². The maximum atomic E-state index is 13.8. The molecule has 0 bridgehead atoms. The summed E-state index contributed by atoms with van der Waals surface area (Å²) in [5.74, 6) is -0.363. The highest BCUT2D eigenvalue weighted by molar-refractivity contribution is 6.31. The van der Waals surface area contributed by atoms with Gasteiger partial charge in [-0.05, 0) is 67.3 Å². The summed E-state index contributed by atoms with van der Waals surface area (Å²) in [6.45, 7) is 1.70. The van der Waals surface area contributed by atoms with Crippen molar-refractivity contribution in [3.8, 4) is 16.9 Å². The molecule has 9 nitrogen and oxygen atoms in total. The van der Waals surface area contributed by atoms with Gasteiger partial charge in [0.25, 0.3) is 5.56 Å². The number of hydrogen-bond acceptors (Lipinski definition) is 7. The summed E-state index contributed by atoms with van der Waals surface area (Å²) in [5.41, 5.74) is 2.46. The predicted molar refractivity (Wildman–Crippen MR) is 161 cm³/mol. The van der Waals surface area contributed by atoms with Crippen molar-refractivity contribution in [2.24, 2.45) is 0 Å². The van der Waals surface area contributed by atoms with E-state index in [9.17, 15) is 19.2 Å². The maximum Gasteiger partial charge on any atom is 0.357 e. The Morgan fingerprint density at radius 1 is 1.05 bits per heavy atom. The van der Waals surface area contributed by atoms with Crippen LogP contribution in [0.15, 0.2) is 59.5 Å². The molecule has 0 saturated heterocycles. The van der Waals surface area contributed by atoms with Gasteiger partial charge in [-0.25, -0.2) is 4.79 Å². The van der Waals surface area contributed by atoms with E-state index in [-0.39, 0.29) is 37.0 Å². The minimum Gasteiger partial charge on any atom is -0.495 e. The van der Waals surface area contributed by atoms with Crippen molar-refractivity contribution in [1.29, 1.82) is 0 Å². The molecule has 1 aliphatic heterocycles. The van der Waals surface area contributed by atoms with Gasteiger partial charge in [-0.1, -0.05) is 17.7 Å². The number of carbonyl (C=O) groups excluding carboxylic acids is 3. The standard InChI is InChI=1S/C33H31ClN2O7/c1-19(37)23-7-6-22(34)16-24(23)25-17-31(39)35(18-30(25)42-3)27(9-12-41-2)29(38)14-20-5-8-26-21(13-20)15-28-32(40)43-33(36(26)28)10-4-11-33/h5-8,13,15-18,27H,4,9-12,14H2,1-3H3/t27-/m0/s1. The van der Waals surface area contributed by atoms with Crippen LogP contribution in [0.1, 0.15) is 65.1 Å². The number of pyridine rings is 1. The average molecular weight is 603 g/mol. The Morgan fingerprint density at radius 2 is 1.84 bits per heavy atom. The van der Waals surface area contributed by atoms with Gasteiger partial charge in [-0.15, -0.1) is 0 Å². The fourth-order valence-corrected chi connectivity index (χ4v) is 6.41. The van der Waals surface area contributed by atoms with E-state index in [1.807, 2.05) is 28.8 Å². The van der Waals surface area contributed by atoms with Crippen molar-refractivity contribution < 1.29 is 28.6 Å². The number of benzene rings is 2. The number of halogens is 1. The molecular formula is C33H31ClN2O7. The van der Waals surface area contributed by atoms with Crippen LogP contribution in [0, 0.1) is 0 Å². The number of nitrogens with zero attached hydrogens (tertiary/aromatic N) is 2. The second kappa shape index (κ2) is 11.1. The van der Waals surface area contributed by atoms with Gasteiger partial charge in [0.05, 0.1) is 24.9 Å². The van der Waals surface area contributed by atoms with E-state index in [1.165, 1.54) is 38.0 Å².